The van der Waals surface area contributed by atoms with Crippen molar-refractivity contribution >= 4 is 18.0 Å². The highest BCUT2D eigenvalue weighted by molar-refractivity contribution is 5.87. The van der Waals surface area contributed by atoms with Crippen LogP contribution in [-0.4, -0.2) is 47.9 Å². The lowest BCUT2D eigenvalue weighted by molar-refractivity contribution is -0.138. The Balaban J connectivity index is 1.45. The van der Waals surface area contributed by atoms with Crippen LogP contribution in [0, 0.1) is 0 Å². The molecule has 3 N–H and O–H groups in total. The first-order chi connectivity index (χ1) is 19.4. The second-order valence-electron chi connectivity index (χ2n) is 10.0. The molecule has 3 aromatic rings. The third kappa shape index (κ3) is 7.27. The molecular formula is C32H36N2O6. The van der Waals surface area contributed by atoms with Gasteiger partial charge >= 0.3 is 12.1 Å². The molecule has 0 spiro atoms. The van der Waals surface area contributed by atoms with Gasteiger partial charge in [0.25, 0.3) is 0 Å². The van der Waals surface area contributed by atoms with E-state index in [1.165, 1.54) is 0 Å². The summed E-state index contributed by atoms with van der Waals surface area (Å²) in [5, 5.41) is 14.7. The maximum atomic E-state index is 13.3. The summed E-state index contributed by atoms with van der Waals surface area (Å²) in [6.45, 7) is 3.96. The van der Waals surface area contributed by atoms with Crippen LogP contribution in [0.15, 0.2) is 78.9 Å². The van der Waals surface area contributed by atoms with Crippen LogP contribution in [0.25, 0.3) is 11.1 Å². The van der Waals surface area contributed by atoms with Gasteiger partial charge in [-0.15, -0.1) is 0 Å². The molecule has 0 bridgehead atoms. The first kappa shape index (κ1) is 28.8. The van der Waals surface area contributed by atoms with Crippen molar-refractivity contribution < 1.29 is 29.0 Å². The highest BCUT2D eigenvalue weighted by atomic mass is 16.5. The molecule has 0 fully saturated rings. The topological polar surface area (TPSA) is 114 Å². The highest BCUT2D eigenvalue weighted by Crippen LogP contribution is 2.44. The number of amides is 2. The van der Waals surface area contributed by atoms with Crippen LogP contribution in [0.3, 0.4) is 0 Å². The first-order valence-corrected chi connectivity index (χ1v) is 13.7. The lowest BCUT2D eigenvalue weighted by Crippen LogP contribution is -2.55. The summed E-state index contributed by atoms with van der Waals surface area (Å²) < 4.78 is 11.6. The monoisotopic (exact) mass is 544 g/mol. The standard InChI is InChI=1S/C32H36N2O6/c1-3-11-23(18-29(35)36)33-31(37)30(21(2)39-19-22-12-5-4-6-13-22)34-32(38)40-20-28-26-16-9-7-14-24(26)25-15-8-10-17-27(25)28/h4-10,12-17,21,23,28,30H,3,11,18-20H2,1-2H3,(H,33,37)(H,34,38)(H,35,36)/t21-,23?,30+/m0/s1. The number of benzene rings is 3. The summed E-state index contributed by atoms with van der Waals surface area (Å²) in [5.41, 5.74) is 5.33. The lowest BCUT2D eigenvalue weighted by Gasteiger charge is -2.27. The van der Waals surface area contributed by atoms with Crippen LogP contribution >= 0.6 is 0 Å². The molecule has 8 nitrogen and oxygen atoms in total. The van der Waals surface area contributed by atoms with Gasteiger partial charge in [-0.3, -0.25) is 9.59 Å². The summed E-state index contributed by atoms with van der Waals surface area (Å²) in [5.74, 6) is -1.65. The largest absolute Gasteiger partial charge is 0.481 e. The molecule has 40 heavy (non-hydrogen) atoms. The molecule has 1 unspecified atom stereocenters. The number of carboxylic acids is 1. The summed E-state index contributed by atoms with van der Waals surface area (Å²) in [7, 11) is 0. The smallest absolute Gasteiger partial charge is 0.407 e. The molecule has 0 saturated heterocycles. The highest BCUT2D eigenvalue weighted by Gasteiger charge is 2.32. The summed E-state index contributed by atoms with van der Waals surface area (Å²) in [6, 6.07) is 23.9. The molecule has 4 rings (SSSR count). The number of ether oxygens (including phenoxy) is 2. The Kier molecular flexibility index (Phi) is 9.91. The second-order valence-corrected chi connectivity index (χ2v) is 10.0. The molecule has 8 heteroatoms. The Labute approximate surface area is 234 Å². The van der Waals surface area contributed by atoms with E-state index in [0.717, 1.165) is 27.8 Å². The molecule has 0 saturated carbocycles. The van der Waals surface area contributed by atoms with Crippen LogP contribution in [-0.2, 0) is 25.7 Å². The molecule has 3 aromatic carbocycles. The minimum Gasteiger partial charge on any atom is -0.481 e. The first-order valence-electron chi connectivity index (χ1n) is 13.7. The van der Waals surface area contributed by atoms with Crippen LogP contribution < -0.4 is 10.6 Å². The third-order valence-electron chi connectivity index (χ3n) is 7.13. The van der Waals surface area contributed by atoms with Crippen LogP contribution in [0.2, 0.25) is 0 Å². The van der Waals surface area contributed by atoms with E-state index in [9.17, 15) is 19.5 Å². The Hall–Kier alpha value is -4.17. The molecular weight excluding hydrogens is 508 g/mol. The van der Waals surface area contributed by atoms with E-state index in [1.807, 2.05) is 73.7 Å². The summed E-state index contributed by atoms with van der Waals surface area (Å²) >= 11 is 0. The number of alkyl carbamates (subject to hydrolysis) is 1. The van der Waals surface area contributed by atoms with Crippen molar-refractivity contribution in [3.63, 3.8) is 0 Å². The minimum atomic E-state index is -1.09. The molecule has 0 heterocycles. The van der Waals surface area contributed by atoms with E-state index in [0.29, 0.717) is 12.8 Å². The number of carbonyl (C=O) groups excluding carboxylic acids is 2. The predicted octanol–water partition coefficient (Wildman–Crippen LogP) is 5.26. The number of nitrogens with one attached hydrogen (secondary N) is 2. The van der Waals surface area contributed by atoms with E-state index in [2.05, 4.69) is 22.8 Å². The molecule has 2 amide bonds. The van der Waals surface area contributed by atoms with Gasteiger partial charge in [0.1, 0.15) is 12.6 Å². The Morgan fingerprint density at radius 1 is 0.875 bits per heavy atom. The molecule has 210 valence electrons. The number of hydrogen-bond acceptors (Lipinski definition) is 5. The van der Waals surface area contributed by atoms with E-state index in [1.54, 1.807) is 6.92 Å². The van der Waals surface area contributed by atoms with E-state index in [-0.39, 0.29) is 25.6 Å². The third-order valence-corrected chi connectivity index (χ3v) is 7.13. The number of fused-ring (bicyclic) bond motifs is 3. The van der Waals surface area contributed by atoms with Gasteiger partial charge in [-0.2, -0.15) is 0 Å². The van der Waals surface area contributed by atoms with E-state index < -0.39 is 36.2 Å². The van der Waals surface area contributed by atoms with Crippen LogP contribution in [0.5, 0.6) is 0 Å². The van der Waals surface area contributed by atoms with Crippen molar-refractivity contribution in [2.45, 2.75) is 63.8 Å². The molecule has 1 aliphatic rings. The van der Waals surface area contributed by atoms with E-state index >= 15 is 0 Å². The minimum absolute atomic E-state index is 0.102. The van der Waals surface area contributed by atoms with E-state index in [4.69, 9.17) is 9.47 Å². The van der Waals surface area contributed by atoms with Crippen molar-refractivity contribution in [2.24, 2.45) is 0 Å². The van der Waals surface area contributed by atoms with Crippen molar-refractivity contribution in [1.29, 1.82) is 0 Å². The van der Waals surface area contributed by atoms with Gasteiger partial charge in [0.05, 0.1) is 19.1 Å². The zero-order valence-electron chi connectivity index (χ0n) is 22.8. The van der Waals surface area contributed by atoms with Crippen molar-refractivity contribution in [3.8, 4) is 11.1 Å². The van der Waals surface area contributed by atoms with Gasteiger partial charge in [0, 0.05) is 12.0 Å². The fourth-order valence-electron chi connectivity index (χ4n) is 5.14. The quantitative estimate of drug-likeness (QED) is 0.271. The molecule has 1 aliphatic carbocycles. The molecule has 0 aromatic heterocycles. The Morgan fingerprint density at radius 2 is 1.48 bits per heavy atom. The number of rotatable bonds is 13. The number of aliphatic carboxylic acids is 1. The van der Waals surface area contributed by atoms with Gasteiger partial charge in [-0.1, -0.05) is 92.2 Å². The number of carboxylic acid groups (broad SMARTS) is 1. The van der Waals surface area contributed by atoms with Gasteiger partial charge in [0.15, 0.2) is 0 Å². The van der Waals surface area contributed by atoms with Crippen LogP contribution in [0.4, 0.5) is 4.79 Å². The predicted molar refractivity (Wildman–Crippen MR) is 152 cm³/mol. The average Bonchev–Trinajstić information content (AvgIpc) is 3.27. The van der Waals surface area contributed by atoms with Gasteiger partial charge in [-0.05, 0) is 41.2 Å². The van der Waals surface area contributed by atoms with Gasteiger partial charge < -0.3 is 25.2 Å². The summed E-state index contributed by atoms with van der Waals surface area (Å²) in [6.07, 6.45) is -0.482. The Bertz CT molecular complexity index is 1270. The van der Waals surface area contributed by atoms with Gasteiger partial charge in [0.2, 0.25) is 5.91 Å². The number of hydrogen-bond donors (Lipinski definition) is 3. The normalized spacial score (nSPS) is 14.3. The van der Waals surface area contributed by atoms with Crippen LogP contribution in [0.1, 0.15) is 55.7 Å². The van der Waals surface area contributed by atoms with Gasteiger partial charge in [-0.25, -0.2) is 4.79 Å². The zero-order chi connectivity index (χ0) is 28.5. The molecule has 3 atom stereocenters. The fourth-order valence-corrected chi connectivity index (χ4v) is 5.14. The average molecular weight is 545 g/mol. The maximum Gasteiger partial charge on any atom is 0.407 e. The second kappa shape index (κ2) is 13.8. The SMILES string of the molecule is CCCC(CC(=O)O)NC(=O)[C@H](NC(=O)OCC1c2ccccc2-c2ccccc21)[C@H](C)OCc1ccccc1. The zero-order valence-corrected chi connectivity index (χ0v) is 22.8. The summed E-state index contributed by atoms with van der Waals surface area (Å²) in [4.78, 5) is 37.7. The lowest BCUT2D eigenvalue weighted by atomic mass is 9.98. The Morgan fingerprint density at radius 3 is 2.08 bits per heavy atom. The molecule has 0 aliphatic heterocycles. The van der Waals surface area contributed by atoms with Crippen molar-refractivity contribution in [2.75, 3.05) is 6.61 Å². The fraction of sp³-hybridized carbons (Fsp3) is 0.344. The maximum absolute atomic E-state index is 13.3. The molecule has 0 radical (unpaired) electrons. The number of carbonyl (C=O) groups is 3. The van der Waals surface area contributed by atoms with Crippen molar-refractivity contribution in [1.82, 2.24) is 10.6 Å². The van der Waals surface area contributed by atoms with Crippen molar-refractivity contribution in [3.05, 3.63) is 95.6 Å².